The Morgan fingerprint density at radius 2 is 2.07 bits per heavy atom. The average Bonchev–Trinajstić information content (AvgIpc) is 3.42. The average molecular weight is 408 g/mol. The molecule has 0 aliphatic carbocycles. The second kappa shape index (κ2) is 9.25. The van der Waals surface area contributed by atoms with E-state index in [0.29, 0.717) is 31.9 Å². The quantitative estimate of drug-likeness (QED) is 0.524. The summed E-state index contributed by atoms with van der Waals surface area (Å²) in [4.78, 5) is 25.0. The van der Waals surface area contributed by atoms with Gasteiger partial charge in [0.1, 0.15) is 12.1 Å². The molecule has 0 spiro atoms. The number of rotatable bonds is 9. The second-order valence-corrected chi connectivity index (χ2v) is 6.98. The van der Waals surface area contributed by atoms with E-state index in [2.05, 4.69) is 25.6 Å². The lowest BCUT2D eigenvalue weighted by atomic mass is 10.1. The molecule has 3 aromatic rings. The molecule has 4 rings (SSSR count). The number of imidazole rings is 1. The Balaban J connectivity index is 1.16. The molecule has 2 N–H and O–H groups in total. The van der Waals surface area contributed by atoms with Crippen molar-refractivity contribution in [1.82, 2.24) is 24.8 Å². The van der Waals surface area contributed by atoms with E-state index in [9.17, 15) is 4.79 Å². The maximum Gasteiger partial charge on any atom is 0.237 e. The van der Waals surface area contributed by atoms with E-state index in [1.54, 1.807) is 23.3 Å². The molecule has 156 valence electrons. The fourth-order valence-electron chi connectivity index (χ4n) is 3.13. The number of carbonyl (C=O) groups excluding carboxylic acids is 1. The number of nitrogens with one attached hydrogen (secondary N) is 2. The smallest absolute Gasteiger partial charge is 0.237 e. The minimum Gasteiger partial charge on any atom is -0.454 e. The van der Waals surface area contributed by atoms with Crippen molar-refractivity contribution in [2.24, 2.45) is 0 Å². The number of hydrogen-bond donors (Lipinski definition) is 2. The van der Waals surface area contributed by atoms with Gasteiger partial charge >= 0.3 is 0 Å². The molecule has 3 heterocycles. The molecule has 1 aromatic carbocycles. The summed E-state index contributed by atoms with van der Waals surface area (Å²) in [5, 5.41) is 6.22. The molecule has 30 heavy (non-hydrogen) atoms. The van der Waals surface area contributed by atoms with Crippen LogP contribution in [0.5, 0.6) is 11.5 Å². The molecular formula is C21H24N6O3. The Bertz CT molecular complexity index is 1010. The van der Waals surface area contributed by atoms with E-state index in [4.69, 9.17) is 9.47 Å². The Labute approximate surface area is 174 Å². The minimum absolute atomic E-state index is 0.0375. The monoisotopic (exact) mass is 408 g/mol. The molecule has 2 aromatic heterocycles. The number of carbonyl (C=O) groups is 1. The number of fused-ring (bicyclic) bond motifs is 1. The van der Waals surface area contributed by atoms with E-state index in [-0.39, 0.29) is 12.7 Å². The molecule has 0 saturated heterocycles. The van der Waals surface area contributed by atoms with Crippen LogP contribution in [-0.2, 0) is 11.2 Å². The van der Waals surface area contributed by atoms with E-state index in [1.165, 1.54) is 0 Å². The van der Waals surface area contributed by atoms with Gasteiger partial charge in [0.05, 0.1) is 0 Å². The third-order valence-electron chi connectivity index (χ3n) is 4.64. The standard InChI is InChI=1S/C21H24N6O3/c1-15-11-19(26-21(25-15)27-10-9-22-13-27)23-7-2-3-20(28)24-8-6-16-4-5-17-18(12-16)30-14-29-17/h4-5,9-13H,2-3,6-8,14H2,1H3,(H,24,28)(H,23,25,26). The number of nitrogens with zero attached hydrogens (tertiary/aromatic N) is 4. The molecule has 1 amide bonds. The molecule has 0 bridgehead atoms. The maximum absolute atomic E-state index is 12.1. The lowest BCUT2D eigenvalue weighted by Crippen LogP contribution is -2.26. The van der Waals surface area contributed by atoms with Crippen LogP contribution < -0.4 is 20.1 Å². The lowest BCUT2D eigenvalue weighted by molar-refractivity contribution is -0.121. The van der Waals surface area contributed by atoms with Gasteiger partial charge in [-0.05, 0) is 37.5 Å². The molecule has 1 aliphatic rings. The molecule has 0 radical (unpaired) electrons. The summed E-state index contributed by atoms with van der Waals surface area (Å²) in [6, 6.07) is 7.73. The van der Waals surface area contributed by atoms with Crippen LogP contribution in [0, 0.1) is 6.92 Å². The number of anilines is 1. The van der Waals surface area contributed by atoms with Crippen LogP contribution in [0.15, 0.2) is 43.0 Å². The van der Waals surface area contributed by atoms with Crippen molar-refractivity contribution in [2.45, 2.75) is 26.2 Å². The third kappa shape index (κ3) is 5.05. The molecular weight excluding hydrogens is 384 g/mol. The summed E-state index contributed by atoms with van der Waals surface area (Å²) in [6.45, 7) is 3.42. The summed E-state index contributed by atoms with van der Waals surface area (Å²) in [5.74, 6) is 2.87. The van der Waals surface area contributed by atoms with Gasteiger partial charge in [0, 0.05) is 43.7 Å². The van der Waals surface area contributed by atoms with Gasteiger partial charge in [0.15, 0.2) is 11.5 Å². The fraction of sp³-hybridized carbons (Fsp3) is 0.333. The minimum atomic E-state index is 0.0375. The van der Waals surface area contributed by atoms with Crippen molar-refractivity contribution >= 4 is 11.7 Å². The zero-order valence-electron chi connectivity index (χ0n) is 16.8. The summed E-state index contributed by atoms with van der Waals surface area (Å²) in [7, 11) is 0. The predicted molar refractivity (Wildman–Crippen MR) is 111 cm³/mol. The highest BCUT2D eigenvalue weighted by molar-refractivity contribution is 5.75. The molecule has 0 unspecified atom stereocenters. The summed E-state index contributed by atoms with van der Waals surface area (Å²) in [6.07, 6.45) is 7.05. The van der Waals surface area contributed by atoms with Gasteiger partial charge in [-0.3, -0.25) is 9.36 Å². The number of aromatic nitrogens is 4. The second-order valence-electron chi connectivity index (χ2n) is 6.98. The Hall–Kier alpha value is -3.62. The van der Waals surface area contributed by atoms with Crippen LogP contribution in [0.1, 0.15) is 24.1 Å². The number of aryl methyl sites for hydroxylation is 1. The molecule has 9 heteroatoms. The van der Waals surface area contributed by atoms with Crippen molar-refractivity contribution in [1.29, 1.82) is 0 Å². The summed E-state index contributed by atoms with van der Waals surface area (Å²) >= 11 is 0. The van der Waals surface area contributed by atoms with Crippen molar-refractivity contribution in [3.63, 3.8) is 0 Å². The van der Waals surface area contributed by atoms with Gasteiger partial charge < -0.3 is 20.1 Å². The summed E-state index contributed by atoms with van der Waals surface area (Å²) in [5.41, 5.74) is 1.96. The van der Waals surface area contributed by atoms with E-state index < -0.39 is 0 Å². The first-order chi connectivity index (χ1) is 14.7. The van der Waals surface area contributed by atoms with Crippen LogP contribution in [0.4, 0.5) is 5.82 Å². The lowest BCUT2D eigenvalue weighted by Gasteiger charge is -2.09. The van der Waals surface area contributed by atoms with Crippen molar-refractivity contribution < 1.29 is 14.3 Å². The fourth-order valence-corrected chi connectivity index (χ4v) is 3.13. The summed E-state index contributed by atoms with van der Waals surface area (Å²) < 4.78 is 12.4. The normalized spacial score (nSPS) is 12.0. The SMILES string of the molecule is Cc1cc(NCCCC(=O)NCCc2ccc3c(c2)OCO3)nc(-n2ccnc2)n1. The first kappa shape index (κ1) is 19.7. The Morgan fingerprint density at radius 3 is 2.93 bits per heavy atom. The molecule has 1 aliphatic heterocycles. The number of ether oxygens (including phenoxy) is 2. The first-order valence-corrected chi connectivity index (χ1v) is 9.90. The highest BCUT2D eigenvalue weighted by Gasteiger charge is 2.13. The van der Waals surface area contributed by atoms with Crippen molar-refractivity contribution in [2.75, 3.05) is 25.2 Å². The van der Waals surface area contributed by atoms with E-state index in [0.717, 1.165) is 35.0 Å². The van der Waals surface area contributed by atoms with Gasteiger partial charge in [0.2, 0.25) is 18.6 Å². The van der Waals surface area contributed by atoms with Crippen LogP contribution in [0.2, 0.25) is 0 Å². The zero-order valence-corrected chi connectivity index (χ0v) is 16.8. The molecule has 0 saturated carbocycles. The number of benzene rings is 1. The maximum atomic E-state index is 12.1. The van der Waals surface area contributed by atoms with E-state index in [1.807, 2.05) is 31.2 Å². The predicted octanol–water partition coefficient (Wildman–Crippen LogP) is 2.25. The van der Waals surface area contributed by atoms with Crippen molar-refractivity contribution in [3.8, 4) is 17.4 Å². The Kier molecular flexibility index (Phi) is 6.07. The third-order valence-corrected chi connectivity index (χ3v) is 4.64. The molecule has 0 atom stereocenters. The highest BCUT2D eigenvalue weighted by atomic mass is 16.7. The van der Waals surface area contributed by atoms with Gasteiger partial charge in [0.25, 0.3) is 0 Å². The van der Waals surface area contributed by atoms with Gasteiger partial charge in [-0.25, -0.2) is 9.97 Å². The van der Waals surface area contributed by atoms with Crippen LogP contribution >= 0.6 is 0 Å². The topological polar surface area (TPSA) is 103 Å². The van der Waals surface area contributed by atoms with Gasteiger partial charge in [-0.15, -0.1) is 0 Å². The van der Waals surface area contributed by atoms with E-state index >= 15 is 0 Å². The molecule has 0 fully saturated rings. The Morgan fingerprint density at radius 1 is 1.17 bits per heavy atom. The number of hydrogen-bond acceptors (Lipinski definition) is 7. The number of amides is 1. The van der Waals surface area contributed by atoms with Gasteiger partial charge in [-0.2, -0.15) is 4.98 Å². The highest BCUT2D eigenvalue weighted by Crippen LogP contribution is 2.32. The zero-order chi connectivity index (χ0) is 20.8. The van der Waals surface area contributed by atoms with Crippen LogP contribution in [0.3, 0.4) is 0 Å². The van der Waals surface area contributed by atoms with Gasteiger partial charge in [-0.1, -0.05) is 6.07 Å². The van der Waals surface area contributed by atoms with Crippen LogP contribution in [0.25, 0.3) is 5.95 Å². The molecule has 9 nitrogen and oxygen atoms in total. The largest absolute Gasteiger partial charge is 0.454 e. The van der Waals surface area contributed by atoms with Crippen LogP contribution in [-0.4, -0.2) is 45.3 Å². The van der Waals surface area contributed by atoms with Crippen molar-refractivity contribution in [3.05, 3.63) is 54.2 Å². The first-order valence-electron chi connectivity index (χ1n) is 9.90.